The fourth-order valence-corrected chi connectivity index (χ4v) is 4.37. The van der Waals surface area contributed by atoms with E-state index in [9.17, 15) is 9.59 Å². The number of hydrogen-bond donors (Lipinski definition) is 1. The first-order valence-corrected chi connectivity index (χ1v) is 11.3. The number of pyridine rings is 1. The average molecular weight is 477 g/mol. The Morgan fingerprint density at radius 2 is 1.71 bits per heavy atom. The van der Waals surface area contributed by atoms with Gasteiger partial charge in [-0.3, -0.25) is 4.79 Å². The summed E-state index contributed by atoms with van der Waals surface area (Å²) in [5.74, 6) is 0.324. The fraction of sp³-hybridized carbons (Fsp3) is 0.296. The van der Waals surface area contributed by atoms with Gasteiger partial charge in [0.2, 0.25) is 5.75 Å². The number of nitrogens with zero attached hydrogens (tertiary/aromatic N) is 1. The molecular formula is C27H28N2O6. The van der Waals surface area contributed by atoms with Crippen LogP contribution < -0.4 is 19.9 Å². The van der Waals surface area contributed by atoms with Gasteiger partial charge in [0, 0.05) is 5.39 Å². The Labute approximate surface area is 203 Å². The van der Waals surface area contributed by atoms with Crippen molar-refractivity contribution in [3.8, 4) is 17.2 Å². The topological polar surface area (TPSA) is 110 Å². The van der Waals surface area contributed by atoms with Gasteiger partial charge in [0.25, 0.3) is 5.91 Å². The summed E-state index contributed by atoms with van der Waals surface area (Å²) in [6.07, 6.45) is 3.25. The van der Waals surface area contributed by atoms with Crippen molar-refractivity contribution in [3.05, 3.63) is 58.8 Å². The fourth-order valence-electron chi connectivity index (χ4n) is 4.37. The Kier molecular flexibility index (Phi) is 6.91. The summed E-state index contributed by atoms with van der Waals surface area (Å²) in [7, 11) is 4.70. The number of hydrogen-bond acceptors (Lipinski definition) is 7. The van der Waals surface area contributed by atoms with Gasteiger partial charge in [0.05, 0.1) is 38.1 Å². The molecule has 0 radical (unpaired) electrons. The van der Waals surface area contributed by atoms with Crippen LogP contribution in [-0.4, -0.2) is 44.3 Å². The van der Waals surface area contributed by atoms with Crippen molar-refractivity contribution >= 4 is 34.4 Å². The summed E-state index contributed by atoms with van der Waals surface area (Å²) in [5, 5.41) is 0.682. The van der Waals surface area contributed by atoms with E-state index in [1.165, 1.54) is 6.92 Å². The van der Waals surface area contributed by atoms with Crippen LogP contribution in [0.4, 0.5) is 0 Å². The molecule has 0 spiro atoms. The minimum Gasteiger partial charge on any atom is -0.493 e. The van der Waals surface area contributed by atoms with Crippen molar-refractivity contribution < 1.29 is 28.5 Å². The molecule has 0 aliphatic heterocycles. The average Bonchev–Trinajstić information content (AvgIpc) is 2.86. The minimum absolute atomic E-state index is 0.425. The van der Waals surface area contributed by atoms with E-state index in [1.807, 2.05) is 42.5 Å². The third-order valence-corrected chi connectivity index (χ3v) is 6.09. The number of amides is 1. The molecule has 0 fully saturated rings. The SMILES string of the molecule is COc1cc(/C=C2\CCCc3c2nc2ccccc2c3C(=O)OC(C)C(N)=O)cc(OC)c1OC. The Bertz CT molecular complexity index is 1310. The first-order chi connectivity index (χ1) is 16.9. The maximum Gasteiger partial charge on any atom is 0.339 e. The predicted molar refractivity (Wildman–Crippen MR) is 133 cm³/mol. The van der Waals surface area contributed by atoms with Gasteiger partial charge in [-0.25, -0.2) is 9.78 Å². The molecule has 1 aliphatic rings. The highest BCUT2D eigenvalue weighted by Gasteiger charge is 2.28. The van der Waals surface area contributed by atoms with Crippen molar-refractivity contribution in [2.24, 2.45) is 5.73 Å². The molecule has 1 aliphatic carbocycles. The summed E-state index contributed by atoms with van der Waals surface area (Å²) in [4.78, 5) is 29.7. The van der Waals surface area contributed by atoms with Gasteiger partial charge in [-0.1, -0.05) is 18.2 Å². The number of primary amides is 1. The molecule has 1 unspecified atom stereocenters. The number of rotatable bonds is 7. The molecule has 1 atom stereocenters. The van der Waals surface area contributed by atoms with E-state index in [1.54, 1.807) is 21.3 Å². The zero-order valence-corrected chi connectivity index (χ0v) is 20.2. The minimum atomic E-state index is -1.04. The largest absolute Gasteiger partial charge is 0.493 e. The van der Waals surface area contributed by atoms with Crippen LogP contribution in [0, 0.1) is 0 Å². The van der Waals surface area contributed by atoms with E-state index in [4.69, 9.17) is 29.7 Å². The molecule has 0 saturated carbocycles. The van der Waals surface area contributed by atoms with Crippen LogP contribution in [0.15, 0.2) is 36.4 Å². The van der Waals surface area contributed by atoms with Crippen LogP contribution in [0.3, 0.4) is 0 Å². The Morgan fingerprint density at radius 3 is 2.34 bits per heavy atom. The monoisotopic (exact) mass is 476 g/mol. The Morgan fingerprint density at radius 1 is 1.03 bits per heavy atom. The highest BCUT2D eigenvalue weighted by Crippen LogP contribution is 2.41. The molecule has 35 heavy (non-hydrogen) atoms. The zero-order valence-electron chi connectivity index (χ0n) is 20.2. The van der Waals surface area contributed by atoms with Crippen LogP contribution in [0.2, 0.25) is 0 Å². The van der Waals surface area contributed by atoms with Gasteiger partial charge >= 0.3 is 5.97 Å². The Hall–Kier alpha value is -4.07. The van der Waals surface area contributed by atoms with Gasteiger partial charge < -0.3 is 24.7 Å². The van der Waals surface area contributed by atoms with E-state index in [-0.39, 0.29) is 0 Å². The van der Waals surface area contributed by atoms with Crippen molar-refractivity contribution in [1.29, 1.82) is 0 Å². The lowest BCUT2D eigenvalue weighted by Crippen LogP contribution is -2.31. The summed E-state index contributed by atoms with van der Waals surface area (Å²) >= 11 is 0. The molecule has 0 saturated heterocycles. The van der Waals surface area contributed by atoms with Crippen molar-refractivity contribution in [2.45, 2.75) is 32.3 Å². The zero-order chi connectivity index (χ0) is 25.1. The maximum atomic E-state index is 13.2. The summed E-state index contributed by atoms with van der Waals surface area (Å²) in [6.45, 7) is 1.46. The van der Waals surface area contributed by atoms with Gasteiger partial charge in [-0.15, -0.1) is 0 Å². The summed E-state index contributed by atoms with van der Waals surface area (Å²) < 4.78 is 21.8. The normalized spacial score (nSPS) is 14.8. The summed E-state index contributed by atoms with van der Waals surface area (Å²) in [6, 6.07) is 11.1. The number of methoxy groups -OCH3 is 3. The molecule has 182 valence electrons. The number of allylic oxidation sites excluding steroid dienone is 1. The van der Waals surface area contributed by atoms with Crippen LogP contribution in [-0.2, 0) is 16.0 Å². The van der Waals surface area contributed by atoms with E-state index in [0.29, 0.717) is 40.1 Å². The maximum absolute atomic E-state index is 13.2. The molecule has 1 amide bonds. The Balaban J connectivity index is 1.88. The molecule has 4 rings (SSSR count). The summed E-state index contributed by atoms with van der Waals surface area (Å²) in [5.41, 5.74) is 9.78. The lowest BCUT2D eigenvalue weighted by Gasteiger charge is -2.23. The number of nitrogens with two attached hydrogens (primary N) is 1. The quantitative estimate of drug-likeness (QED) is 0.510. The van der Waals surface area contributed by atoms with E-state index in [0.717, 1.165) is 35.2 Å². The lowest BCUT2D eigenvalue weighted by molar-refractivity contribution is -0.125. The number of para-hydroxylation sites is 1. The van der Waals surface area contributed by atoms with Crippen molar-refractivity contribution in [2.75, 3.05) is 21.3 Å². The molecule has 2 N–H and O–H groups in total. The standard InChI is InChI=1S/C27H28N2O6/c1-15(26(28)30)35-27(31)23-18-9-5-6-11-20(18)29-24-17(8-7-10-19(23)24)12-16-13-21(32-2)25(34-4)22(14-16)33-3/h5-6,9,11-15H,7-8,10H2,1-4H3,(H2,28,30)/b17-12+. The molecule has 3 aromatic rings. The molecule has 1 aromatic heterocycles. The van der Waals surface area contributed by atoms with Gasteiger partial charge in [-0.2, -0.15) is 0 Å². The smallest absolute Gasteiger partial charge is 0.339 e. The number of carbonyl (C=O) groups is 2. The third-order valence-electron chi connectivity index (χ3n) is 6.09. The van der Waals surface area contributed by atoms with Gasteiger partial charge in [0.15, 0.2) is 17.6 Å². The number of fused-ring (bicyclic) bond motifs is 2. The first-order valence-electron chi connectivity index (χ1n) is 11.3. The van der Waals surface area contributed by atoms with Crippen molar-refractivity contribution in [1.82, 2.24) is 4.98 Å². The molecular weight excluding hydrogens is 448 g/mol. The molecule has 8 nitrogen and oxygen atoms in total. The second kappa shape index (κ2) is 10.0. The number of benzene rings is 2. The van der Waals surface area contributed by atoms with E-state index >= 15 is 0 Å². The number of ether oxygens (including phenoxy) is 4. The molecule has 2 aromatic carbocycles. The second-order valence-electron chi connectivity index (χ2n) is 8.26. The van der Waals surface area contributed by atoms with Gasteiger partial charge in [0.1, 0.15) is 0 Å². The van der Waals surface area contributed by atoms with Crippen LogP contribution in [0.5, 0.6) is 17.2 Å². The molecule has 1 heterocycles. The van der Waals surface area contributed by atoms with Crippen LogP contribution in [0.25, 0.3) is 22.6 Å². The second-order valence-corrected chi connectivity index (χ2v) is 8.26. The number of carbonyl (C=O) groups excluding carboxylic acids is 2. The predicted octanol–water partition coefficient (Wildman–Crippen LogP) is 4.17. The highest BCUT2D eigenvalue weighted by atomic mass is 16.5. The lowest BCUT2D eigenvalue weighted by atomic mass is 9.86. The first kappa shape index (κ1) is 24.1. The van der Waals surface area contributed by atoms with E-state index < -0.39 is 18.0 Å². The highest BCUT2D eigenvalue weighted by molar-refractivity contribution is 6.07. The van der Waals surface area contributed by atoms with Crippen LogP contribution in [0.1, 0.15) is 46.9 Å². The van der Waals surface area contributed by atoms with Crippen molar-refractivity contribution in [3.63, 3.8) is 0 Å². The van der Waals surface area contributed by atoms with Crippen LogP contribution >= 0.6 is 0 Å². The van der Waals surface area contributed by atoms with E-state index in [2.05, 4.69) is 0 Å². The number of aromatic nitrogens is 1. The molecule has 8 heteroatoms. The van der Waals surface area contributed by atoms with Gasteiger partial charge in [-0.05, 0) is 67.2 Å². The number of esters is 1. The third kappa shape index (κ3) is 4.64. The molecule has 0 bridgehead atoms.